The molecule has 10 rings (SSSR count). The second kappa shape index (κ2) is 14.9. The van der Waals surface area contributed by atoms with Crippen molar-refractivity contribution in [3.05, 3.63) is 180 Å². The van der Waals surface area contributed by atoms with Crippen molar-refractivity contribution in [2.45, 2.75) is 33.1 Å². The Morgan fingerprint density at radius 1 is 0.600 bits per heavy atom. The van der Waals surface area contributed by atoms with E-state index < -0.39 is 0 Å². The molecule has 1 aliphatic rings. The minimum Gasteiger partial charge on any atom is -0.301 e. The molecule has 0 saturated carbocycles. The molecule has 0 aliphatic heterocycles. The van der Waals surface area contributed by atoms with Gasteiger partial charge >= 0.3 is 0 Å². The Kier molecular flexibility index (Phi) is 9.83. The van der Waals surface area contributed by atoms with Gasteiger partial charge in [0.15, 0.2) is 0 Å². The molecule has 4 nitrogen and oxygen atoms in total. The van der Waals surface area contributed by atoms with Crippen molar-refractivity contribution >= 4 is 32.5 Å². The molecule has 0 bridgehead atoms. The minimum atomic E-state index is -0.0331. The van der Waals surface area contributed by atoms with E-state index in [0.717, 1.165) is 55.3 Å². The summed E-state index contributed by atoms with van der Waals surface area (Å²) in [5, 5.41) is 2.06. The number of benzene rings is 6. The second-order valence-corrected chi connectivity index (χ2v) is 15.3. The van der Waals surface area contributed by atoms with Gasteiger partial charge in [0.2, 0.25) is 0 Å². The summed E-state index contributed by atoms with van der Waals surface area (Å²) in [6, 6.07) is 54.9. The van der Waals surface area contributed by atoms with Crippen LogP contribution in [0.15, 0.2) is 146 Å². The number of para-hydroxylation sites is 2. The number of thiazole rings is 1. The van der Waals surface area contributed by atoms with E-state index in [1.54, 1.807) is 17.5 Å². The molecule has 1 aliphatic carbocycles. The zero-order valence-corrected chi connectivity index (χ0v) is 34.1. The molecule has 269 valence electrons. The van der Waals surface area contributed by atoms with Crippen molar-refractivity contribution in [2.24, 2.45) is 0 Å². The predicted molar refractivity (Wildman–Crippen MR) is 223 cm³/mol. The normalized spacial score (nSPS) is 12.4. The fourth-order valence-electron chi connectivity index (χ4n) is 7.61. The number of aryl methyl sites for hydroxylation is 2. The Balaban J connectivity index is 0.000000168. The van der Waals surface area contributed by atoms with E-state index in [1.807, 2.05) is 48.5 Å². The van der Waals surface area contributed by atoms with Gasteiger partial charge in [-0.3, -0.25) is 15.0 Å². The van der Waals surface area contributed by atoms with Crippen LogP contribution in [0.2, 0.25) is 0 Å². The summed E-state index contributed by atoms with van der Waals surface area (Å²) >= 11 is 1.68. The van der Waals surface area contributed by atoms with Crippen LogP contribution in [0.1, 0.15) is 36.1 Å². The third kappa shape index (κ3) is 6.72. The smallest absolute Gasteiger partial charge is 0.0763 e. The molecule has 1 radical (unpaired) electrons. The first-order chi connectivity index (χ1) is 26.3. The summed E-state index contributed by atoms with van der Waals surface area (Å²) < 4.78 is 1.19. The van der Waals surface area contributed by atoms with Gasteiger partial charge < -0.3 is 4.98 Å². The molecular weight excluding hydrogens is 869 g/mol. The fourth-order valence-corrected chi connectivity index (χ4v) is 8.55. The standard InChI is InChI=1S/C31H25N2.C18H11N2S.Ir/c1-19-10-9-11-20(2)28(19)29-23-13-6-8-15-27(23)32-30(33-29)21-16-17-26-24(18-21)22-12-5-7-14-25(22)31(26,3)4;1-2-6-13(7-3-1)16-12-14(10-11-19-16)18-20-15-8-4-5-9-17(15)21-18;/h5-15,17-18H,1-4H3;1-9,11-12H;/q2*-1;. The van der Waals surface area contributed by atoms with E-state index in [-0.39, 0.29) is 25.5 Å². The van der Waals surface area contributed by atoms with Gasteiger partial charge in [-0.2, -0.15) is 23.0 Å². The number of hydrogen-bond donors (Lipinski definition) is 0. The van der Waals surface area contributed by atoms with Crippen LogP contribution in [-0.4, -0.2) is 19.9 Å². The molecular formula is C49H36IrN4S-2. The minimum absolute atomic E-state index is 0. The van der Waals surface area contributed by atoms with Crippen molar-refractivity contribution in [1.29, 1.82) is 0 Å². The topological polar surface area (TPSA) is 51.6 Å². The van der Waals surface area contributed by atoms with Crippen LogP contribution in [0.5, 0.6) is 0 Å². The second-order valence-electron chi connectivity index (χ2n) is 14.2. The molecule has 0 unspecified atom stereocenters. The average molecular weight is 905 g/mol. The van der Waals surface area contributed by atoms with Crippen LogP contribution in [0.3, 0.4) is 0 Å². The Bertz CT molecular complexity index is 2790. The fraction of sp³-hybridized carbons (Fsp3) is 0.102. The molecule has 3 heterocycles. The predicted octanol–water partition coefficient (Wildman–Crippen LogP) is 12.5. The zero-order valence-electron chi connectivity index (χ0n) is 30.9. The van der Waals surface area contributed by atoms with Gasteiger partial charge in [0.25, 0.3) is 0 Å². The molecule has 6 heteroatoms. The van der Waals surface area contributed by atoms with Crippen molar-refractivity contribution in [1.82, 2.24) is 19.9 Å². The van der Waals surface area contributed by atoms with Gasteiger partial charge in [-0.05, 0) is 71.5 Å². The zero-order chi connectivity index (χ0) is 36.8. The Hall–Kier alpha value is -5.65. The Labute approximate surface area is 339 Å². The SMILES string of the molecule is Cc1cccc(C)c1-c1nc(-c2[c-]cc3c(c2)-c2ccccc2C3(C)C)nc2ccccc12.[Ir].[c-]1cnc(-c2ccccc2)cc1-c1nc2ccccc2s1. The summed E-state index contributed by atoms with van der Waals surface area (Å²) in [6.07, 6.45) is 1.73. The molecule has 0 N–H and O–H groups in total. The van der Waals surface area contributed by atoms with Gasteiger partial charge in [-0.25, -0.2) is 0 Å². The van der Waals surface area contributed by atoms with Crippen LogP contribution in [0.4, 0.5) is 0 Å². The van der Waals surface area contributed by atoms with Gasteiger partial charge in [-0.1, -0.05) is 123 Å². The number of nitrogens with zero attached hydrogens (tertiary/aromatic N) is 4. The summed E-state index contributed by atoms with van der Waals surface area (Å²) in [7, 11) is 0. The van der Waals surface area contributed by atoms with Gasteiger partial charge in [0, 0.05) is 46.5 Å². The largest absolute Gasteiger partial charge is 0.301 e. The van der Waals surface area contributed by atoms with Crippen LogP contribution in [0, 0.1) is 26.0 Å². The van der Waals surface area contributed by atoms with Crippen LogP contribution in [-0.2, 0) is 25.5 Å². The molecule has 0 atom stereocenters. The summed E-state index contributed by atoms with van der Waals surface area (Å²) in [6.45, 7) is 8.88. The molecule has 0 saturated heterocycles. The van der Waals surface area contributed by atoms with Crippen LogP contribution < -0.4 is 0 Å². The summed E-state index contributed by atoms with van der Waals surface area (Å²) in [5.74, 6) is 0.719. The number of fused-ring (bicyclic) bond motifs is 5. The molecule has 55 heavy (non-hydrogen) atoms. The van der Waals surface area contributed by atoms with E-state index in [9.17, 15) is 0 Å². The summed E-state index contributed by atoms with van der Waals surface area (Å²) in [4.78, 5) is 19.2. The quantitative estimate of drug-likeness (QED) is 0.165. The monoisotopic (exact) mass is 905 g/mol. The van der Waals surface area contributed by atoms with Gasteiger partial charge in [-0.15, -0.1) is 35.4 Å². The van der Waals surface area contributed by atoms with E-state index >= 15 is 0 Å². The van der Waals surface area contributed by atoms with E-state index in [1.165, 1.54) is 43.6 Å². The van der Waals surface area contributed by atoms with Crippen LogP contribution in [0.25, 0.3) is 76.7 Å². The molecule has 6 aromatic carbocycles. The maximum absolute atomic E-state index is 5.14. The Morgan fingerprint density at radius 3 is 2.11 bits per heavy atom. The maximum Gasteiger partial charge on any atom is 0.0763 e. The molecule has 0 amide bonds. The van der Waals surface area contributed by atoms with Crippen molar-refractivity contribution in [3.8, 4) is 55.6 Å². The third-order valence-electron chi connectivity index (χ3n) is 10.4. The average Bonchev–Trinajstić information content (AvgIpc) is 3.75. The Morgan fingerprint density at radius 2 is 1.31 bits per heavy atom. The number of rotatable bonds is 4. The first kappa shape index (κ1) is 36.3. The van der Waals surface area contributed by atoms with E-state index in [4.69, 9.17) is 9.97 Å². The van der Waals surface area contributed by atoms with E-state index in [2.05, 4.69) is 141 Å². The third-order valence-corrected chi connectivity index (χ3v) is 11.4. The van der Waals surface area contributed by atoms with Crippen molar-refractivity contribution in [3.63, 3.8) is 0 Å². The molecule has 0 spiro atoms. The molecule has 3 aromatic heterocycles. The van der Waals surface area contributed by atoms with Gasteiger partial charge in [0.05, 0.1) is 22.6 Å². The summed E-state index contributed by atoms with van der Waals surface area (Å²) in [5.41, 5.74) is 15.8. The molecule has 0 fully saturated rings. The first-order valence-electron chi connectivity index (χ1n) is 18.1. The first-order valence-corrected chi connectivity index (χ1v) is 19.0. The maximum atomic E-state index is 5.14. The number of aromatic nitrogens is 4. The van der Waals surface area contributed by atoms with E-state index in [0.29, 0.717) is 0 Å². The number of pyridine rings is 1. The molecule has 9 aromatic rings. The van der Waals surface area contributed by atoms with Crippen molar-refractivity contribution < 1.29 is 20.1 Å². The van der Waals surface area contributed by atoms with Crippen molar-refractivity contribution in [2.75, 3.05) is 0 Å². The van der Waals surface area contributed by atoms with Gasteiger partial charge in [0.1, 0.15) is 0 Å². The van der Waals surface area contributed by atoms with Crippen LogP contribution >= 0.6 is 11.3 Å². The number of hydrogen-bond acceptors (Lipinski definition) is 5.